The van der Waals surface area contributed by atoms with Gasteiger partial charge in [-0.05, 0) is 23.8 Å². The van der Waals surface area contributed by atoms with Crippen LogP contribution in [0.25, 0.3) is 33.1 Å². The summed E-state index contributed by atoms with van der Waals surface area (Å²) < 4.78 is 6.08. The molecule has 0 radical (unpaired) electrons. The van der Waals surface area contributed by atoms with E-state index in [1.54, 1.807) is 0 Å². The van der Waals surface area contributed by atoms with Crippen molar-refractivity contribution in [1.29, 1.82) is 10.5 Å². The minimum atomic E-state index is 0.0288. The highest BCUT2D eigenvalue weighted by molar-refractivity contribution is 6.09. The number of rotatable bonds is 3. The number of nitrogens with one attached hydrogen (secondary N) is 1. The van der Waals surface area contributed by atoms with Gasteiger partial charge in [0, 0.05) is 28.2 Å². The molecule has 3 aromatic carbocycles. The smallest absolute Gasteiger partial charge is 0.145 e. The van der Waals surface area contributed by atoms with Crippen LogP contribution in [0.3, 0.4) is 0 Å². The molecule has 4 rings (SSSR count). The lowest BCUT2D eigenvalue weighted by Gasteiger charge is -2.05. The first-order chi connectivity index (χ1) is 12.8. The monoisotopic (exact) mass is 335 g/mol. The topological polar surface area (TPSA) is 72.8 Å². The van der Waals surface area contributed by atoms with E-state index in [1.165, 1.54) is 6.20 Å². The Labute approximate surface area is 150 Å². The fraction of sp³-hybridized carbons (Fsp3) is 0. The van der Waals surface area contributed by atoms with E-state index in [2.05, 4.69) is 17.4 Å². The van der Waals surface area contributed by atoms with Crippen LogP contribution in [0.5, 0.6) is 0 Å². The quantitative estimate of drug-likeness (QED) is 0.495. The Morgan fingerprint density at radius 3 is 2.35 bits per heavy atom. The second kappa shape index (κ2) is 6.47. The van der Waals surface area contributed by atoms with Crippen LogP contribution in [0.15, 0.2) is 82.9 Å². The van der Waals surface area contributed by atoms with Crippen molar-refractivity contribution in [2.45, 2.75) is 0 Å². The summed E-state index contributed by atoms with van der Waals surface area (Å²) in [5.41, 5.74) is 4.62. The van der Waals surface area contributed by atoms with Crippen molar-refractivity contribution in [3.8, 4) is 23.3 Å². The molecule has 0 saturated heterocycles. The average Bonchev–Trinajstić information content (AvgIpc) is 3.08. The number of nitrogens with zero attached hydrogens (tertiary/aromatic N) is 2. The molecule has 1 heterocycles. The number of hydrogen-bond donors (Lipinski definition) is 1. The number of anilines is 1. The largest absolute Gasteiger partial charge is 0.455 e. The van der Waals surface area contributed by atoms with Gasteiger partial charge in [-0.3, -0.25) is 0 Å². The number of nitriles is 2. The first kappa shape index (κ1) is 15.5. The summed E-state index contributed by atoms with van der Waals surface area (Å²) >= 11 is 0. The van der Waals surface area contributed by atoms with Gasteiger partial charge in [-0.15, -0.1) is 0 Å². The van der Waals surface area contributed by atoms with Crippen LogP contribution in [-0.2, 0) is 0 Å². The minimum absolute atomic E-state index is 0.0288. The predicted octanol–water partition coefficient (Wildman–Crippen LogP) is 5.60. The van der Waals surface area contributed by atoms with Gasteiger partial charge in [-0.2, -0.15) is 10.5 Å². The Morgan fingerprint density at radius 1 is 0.846 bits per heavy atom. The zero-order valence-electron chi connectivity index (χ0n) is 13.7. The molecule has 4 heteroatoms. The Kier molecular flexibility index (Phi) is 3.86. The molecule has 4 nitrogen and oxygen atoms in total. The SMILES string of the molecule is N#CC(C#N)=CNc1ccc(-c2cccc3c2oc2ccccc23)cc1. The van der Waals surface area contributed by atoms with Crippen molar-refractivity contribution in [2.75, 3.05) is 5.32 Å². The minimum Gasteiger partial charge on any atom is -0.455 e. The number of fused-ring (bicyclic) bond motifs is 3. The van der Waals surface area contributed by atoms with Crippen molar-refractivity contribution in [3.63, 3.8) is 0 Å². The first-order valence-electron chi connectivity index (χ1n) is 8.08. The molecule has 0 amide bonds. The molecule has 0 aliphatic rings. The van der Waals surface area contributed by atoms with E-state index in [4.69, 9.17) is 14.9 Å². The van der Waals surface area contributed by atoms with E-state index in [0.29, 0.717) is 0 Å². The zero-order valence-corrected chi connectivity index (χ0v) is 13.7. The summed E-state index contributed by atoms with van der Waals surface area (Å²) in [6.45, 7) is 0. The van der Waals surface area contributed by atoms with E-state index in [1.807, 2.05) is 66.7 Å². The Bertz CT molecular complexity index is 1200. The normalized spacial score (nSPS) is 10.2. The highest BCUT2D eigenvalue weighted by Crippen LogP contribution is 2.35. The van der Waals surface area contributed by atoms with E-state index in [9.17, 15) is 0 Å². The number of para-hydroxylation sites is 2. The summed E-state index contributed by atoms with van der Waals surface area (Å²) in [6.07, 6.45) is 1.40. The van der Waals surface area contributed by atoms with Crippen LogP contribution in [0.4, 0.5) is 5.69 Å². The highest BCUT2D eigenvalue weighted by Gasteiger charge is 2.11. The molecule has 4 aromatic rings. The fourth-order valence-electron chi connectivity index (χ4n) is 2.97. The second-order valence-electron chi connectivity index (χ2n) is 5.78. The lowest BCUT2D eigenvalue weighted by Crippen LogP contribution is -1.89. The number of benzene rings is 3. The van der Waals surface area contributed by atoms with Crippen molar-refractivity contribution in [2.24, 2.45) is 0 Å². The van der Waals surface area contributed by atoms with Crippen LogP contribution in [0.1, 0.15) is 0 Å². The zero-order chi connectivity index (χ0) is 17.9. The van der Waals surface area contributed by atoms with Crippen LogP contribution >= 0.6 is 0 Å². The fourth-order valence-corrected chi connectivity index (χ4v) is 2.97. The molecule has 0 unspecified atom stereocenters. The van der Waals surface area contributed by atoms with Gasteiger partial charge in [0.25, 0.3) is 0 Å². The molecule has 0 aliphatic heterocycles. The molecular weight excluding hydrogens is 322 g/mol. The summed E-state index contributed by atoms with van der Waals surface area (Å²) in [6, 6.07) is 25.5. The van der Waals surface area contributed by atoms with Crippen molar-refractivity contribution in [3.05, 3.63) is 78.5 Å². The molecule has 0 bridgehead atoms. The molecular formula is C22H13N3O. The molecule has 0 saturated carbocycles. The van der Waals surface area contributed by atoms with Gasteiger partial charge in [-0.1, -0.05) is 48.5 Å². The van der Waals surface area contributed by atoms with Crippen LogP contribution < -0.4 is 5.32 Å². The summed E-state index contributed by atoms with van der Waals surface area (Å²) in [5, 5.41) is 22.7. The molecule has 122 valence electrons. The summed E-state index contributed by atoms with van der Waals surface area (Å²) in [4.78, 5) is 0. The lowest BCUT2D eigenvalue weighted by atomic mass is 10.0. The van der Waals surface area contributed by atoms with Gasteiger partial charge >= 0.3 is 0 Å². The second-order valence-corrected chi connectivity index (χ2v) is 5.78. The van der Waals surface area contributed by atoms with Crippen LogP contribution in [-0.4, -0.2) is 0 Å². The van der Waals surface area contributed by atoms with Crippen molar-refractivity contribution in [1.82, 2.24) is 0 Å². The molecule has 0 aliphatic carbocycles. The van der Waals surface area contributed by atoms with Crippen molar-refractivity contribution < 1.29 is 4.42 Å². The van der Waals surface area contributed by atoms with Crippen LogP contribution in [0.2, 0.25) is 0 Å². The number of furan rings is 1. The molecule has 26 heavy (non-hydrogen) atoms. The molecule has 0 fully saturated rings. The van der Waals surface area contributed by atoms with Crippen LogP contribution in [0, 0.1) is 22.7 Å². The van der Waals surface area contributed by atoms with Gasteiger partial charge in [0.05, 0.1) is 0 Å². The van der Waals surface area contributed by atoms with Gasteiger partial charge in [0.15, 0.2) is 0 Å². The van der Waals surface area contributed by atoms with Gasteiger partial charge < -0.3 is 9.73 Å². The third-order valence-electron chi connectivity index (χ3n) is 4.22. The maximum absolute atomic E-state index is 8.77. The number of allylic oxidation sites excluding steroid dienone is 1. The third-order valence-corrected chi connectivity index (χ3v) is 4.22. The average molecular weight is 335 g/mol. The molecule has 1 aromatic heterocycles. The van der Waals surface area contributed by atoms with E-state index < -0.39 is 0 Å². The third kappa shape index (κ3) is 2.66. The lowest BCUT2D eigenvalue weighted by molar-refractivity contribution is 0.670. The first-order valence-corrected chi connectivity index (χ1v) is 8.08. The Morgan fingerprint density at radius 2 is 1.58 bits per heavy atom. The van der Waals surface area contributed by atoms with Crippen molar-refractivity contribution >= 4 is 27.6 Å². The van der Waals surface area contributed by atoms with Gasteiger partial charge in [-0.25, -0.2) is 0 Å². The molecule has 0 atom stereocenters. The predicted molar refractivity (Wildman–Crippen MR) is 102 cm³/mol. The standard InChI is InChI=1S/C22H13N3O/c23-12-15(13-24)14-25-17-10-8-16(9-11-17)18-5-3-6-20-19-4-1-2-7-21(19)26-22(18)20/h1-11,14,25H. The Hall–Kier alpha value is -4.02. The van der Waals surface area contributed by atoms with Gasteiger partial charge in [0.1, 0.15) is 28.9 Å². The Balaban J connectivity index is 1.73. The summed E-state index contributed by atoms with van der Waals surface area (Å²) in [5.74, 6) is 0. The van der Waals surface area contributed by atoms with E-state index in [0.717, 1.165) is 38.8 Å². The maximum atomic E-state index is 8.77. The maximum Gasteiger partial charge on any atom is 0.145 e. The summed E-state index contributed by atoms with van der Waals surface area (Å²) in [7, 11) is 0. The molecule has 0 spiro atoms. The molecule has 1 N–H and O–H groups in total. The number of hydrogen-bond acceptors (Lipinski definition) is 4. The van der Waals surface area contributed by atoms with E-state index >= 15 is 0 Å². The van der Waals surface area contributed by atoms with Gasteiger partial charge in [0.2, 0.25) is 0 Å². The van der Waals surface area contributed by atoms with E-state index in [-0.39, 0.29) is 5.57 Å². The highest BCUT2D eigenvalue weighted by atomic mass is 16.3.